The molecule has 4 atom stereocenters. The van der Waals surface area contributed by atoms with Crippen LogP contribution in [0.15, 0.2) is 51.6 Å². The second-order valence-electron chi connectivity index (χ2n) is 6.98. The van der Waals surface area contributed by atoms with Gasteiger partial charge in [0.05, 0.1) is 4.90 Å². The summed E-state index contributed by atoms with van der Waals surface area (Å²) in [7, 11) is 0. The summed E-state index contributed by atoms with van der Waals surface area (Å²) in [5, 5.41) is 18.8. The van der Waals surface area contributed by atoms with Crippen LogP contribution in [0.3, 0.4) is 0 Å². The predicted molar refractivity (Wildman–Crippen MR) is 98.2 cm³/mol. The fourth-order valence-corrected chi connectivity index (χ4v) is 4.51. The van der Waals surface area contributed by atoms with Gasteiger partial charge in [0.2, 0.25) is 0 Å². The van der Waals surface area contributed by atoms with Gasteiger partial charge < -0.3 is 14.8 Å². The summed E-state index contributed by atoms with van der Waals surface area (Å²) >= 11 is -2.00. The van der Waals surface area contributed by atoms with Crippen molar-refractivity contribution in [1.82, 2.24) is 0 Å². The summed E-state index contributed by atoms with van der Waals surface area (Å²) in [5.74, 6) is 0.173. The van der Waals surface area contributed by atoms with E-state index in [1.54, 1.807) is 24.3 Å². The Morgan fingerprint density at radius 1 is 1.27 bits per heavy atom. The third-order valence-corrected chi connectivity index (χ3v) is 6.04. The molecule has 2 aliphatic carbocycles. The Morgan fingerprint density at radius 3 is 2.58 bits per heavy atom. The molecule has 140 valence electrons. The average Bonchev–Trinajstić information content (AvgIpc) is 2.84. The van der Waals surface area contributed by atoms with Gasteiger partial charge >= 0.3 is 0 Å². The fourth-order valence-electron chi connectivity index (χ4n) is 4.14. The summed E-state index contributed by atoms with van der Waals surface area (Å²) in [6.07, 6.45) is 1.35. The smallest absolute Gasteiger partial charge is 0.186 e. The van der Waals surface area contributed by atoms with Crippen LogP contribution in [0.5, 0.6) is 0 Å². The van der Waals surface area contributed by atoms with E-state index in [2.05, 4.69) is 5.73 Å². The maximum Gasteiger partial charge on any atom is 0.186 e. The number of allylic oxidation sites excluding steroid dienone is 2. The number of benzene rings is 1. The lowest BCUT2D eigenvalue weighted by Gasteiger charge is -2.30. The van der Waals surface area contributed by atoms with Crippen LogP contribution in [0.2, 0.25) is 0 Å². The minimum absolute atomic E-state index is 0.00985. The molecule has 0 radical (unpaired) electrons. The Hall–Kier alpha value is -1.56. The number of fused-ring (bicyclic) bond motifs is 1. The molecule has 0 saturated heterocycles. The van der Waals surface area contributed by atoms with E-state index in [0.29, 0.717) is 17.7 Å². The van der Waals surface area contributed by atoms with Gasteiger partial charge in [-0.3, -0.25) is 0 Å². The SMILES string of the molecule is CC1=C(CC(O)O)[C@H]2CC(F)CC[C@H]2C1=C=Cc1ccc(S(=O)O)cc1. The molecule has 0 aromatic heterocycles. The van der Waals surface area contributed by atoms with Crippen molar-refractivity contribution in [2.75, 3.05) is 0 Å². The monoisotopic (exact) mass is 378 g/mol. The maximum absolute atomic E-state index is 13.9. The van der Waals surface area contributed by atoms with Crippen LogP contribution in [-0.4, -0.2) is 31.4 Å². The molecule has 1 aromatic carbocycles. The first-order valence-electron chi connectivity index (χ1n) is 8.74. The van der Waals surface area contributed by atoms with Crippen molar-refractivity contribution in [2.45, 2.75) is 50.0 Å². The summed E-state index contributed by atoms with van der Waals surface area (Å²) in [4.78, 5) is 0.340. The summed E-state index contributed by atoms with van der Waals surface area (Å²) in [6.45, 7) is 1.94. The first-order chi connectivity index (χ1) is 12.4. The molecule has 3 N–H and O–H groups in total. The standard InChI is InChI=1S/C20H23FO4S/c1-12-16(8-4-13-2-6-15(7-3-13)26(24)25)17-9-5-14(21)10-19(17)18(12)11-20(22)23/h2-4,6-7,14,17,19-20,22-23H,5,9-11H2,1H3,(H,24,25)/t8?,14?,17-,19-/m0/s1. The van der Waals surface area contributed by atoms with E-state index in [1.807, 2.05) is 13.0 Å². The van der Waals surface area contributed by atoms with Crippen LogP contribution in [0.4, 0.5) is 4.39 Å². The molecule has 6 heteroatoms. The van der Waals surface area contributed by atoms with Crippen molar-refractivity contribution in [3.63, 3.8) is 0 Å². The highest BCUT2D eigenvalue weighted by Gasteiger charge is 2.41. The lowest BCUT2D eigenvalue weighted by molar-refractivity contribution is -0.0405. The van der Waals surface area contributed by atoms with Gasteiger partial charge in [-0.05, 0) is 67.4 Å². The highest BCUT2D eigenvalue weighted by atomic mass is 32.2. The molecule has 26 heavy (non-hydrogen) atoms. The van der Waals surface area contributed by atoms with Crippen molar-refractivity contribution < 1.29 is 23.4 Å². The average molecular weight is 378 g/mol. The second kappa shape index (κ2) is 7.99. The van der Waals surface area contributed by atoms with Crippen molar-refractivity contribution in [3.8, 4) is 0 Å². The molecule has 1 saturated carbocycles. The summed E-state index contributed by atoms with van der Waals surface area (Å²) < 4.78 is 34.0. The number of hydrogen-bond acceptors (Lipinski definition) is 3. The Balaban J connectivity index is 1.94. The molecule has 4 nitrogen and oxygen atoms in total. The van der Waals surface area contributed by atoms with Crippen molar-refractivity contribution in [1.29, 1.82) is 0 Å². The first-order valence-corrected chi connectivity index (χ1v) is 9.85. The molecule has 0 heterocycles. The fraction of sp³-hybridized carbons (Fsp3) is 0.450. The number of hydrogen-bond donors (Lipinski definition) is 3. The molecule has 0 bridgehead atoms. The van der Waals surface area contributed by atoms with Gasteiger partial charge in [0.15, 0.2) is 17.4 Å². The minimum atomic E-state index is -2.00. The van der Waals surface area contributed by atoms with Crippen LogP contribution in [0, 0.1) is 11.8 Å². The molecule has 1 aromatic rings. The van der Waals surface area contributed by atoms with E-state index >= 15 is 0 Å². The van der Waals surface area contributed by atoms with Gasteiger partial charge in [-0.25, -0.2) is 8.60 Å². The van der Waals surface area contributed by atoms with E-state index in [1.165, 1.54) is 0 Å². The van der Waals surface area contributed by atoms with Crippen LogP contribution < -0.4 is 0 Å². The third-order valence-electron chi connectivity index (χ3n) is 5.37. The van der Waals surface area contributed by atoms with E-state index in [-0.39, 0.29) is 18.3 Å². The molecule has 0 spiro atoms. The zero-order chi connectivity index (χ0) is 18.8. The minimum Gasteiger partial charge on any atom is -0.368 e. The van der Waals surface area contributed by atoms with Crippen molar-refractivity contribution in [2.24, 2.45) is 11.8 Å². The molecular formula is C20H23FO4S. The molecule has 0 aliphatic heterocycles. The number of aliphatic hydroxyl groups is 2. The second-order valence-corrected chi connectivity index (χ2v) is 7.95. The summed E-state index contributed by atoms with van der Waals surface area (Å²) in [6, 6.07) is 6.69. The van der Waals surface area contributed by atoms with Gasteiger partial charge in [0.25, 0.3) is 0 Å². The number of alkyl halides is 1. The summed E-state index contributed by atoms with van der Waals surface area (Å²) in [5.41, 5.74) is 7.09. The number of halogens is 1. The van der Waals surface area contributed by atoms with Gasteiger partial charge in [0, 0.05) is 12.0 Å². The Morgan fingerprint density at radius 2 is 1.96 bits per heavy atom. The third kappa shape index (κ3) is 4.05. The van der Waals surface area contributed by atoms with Crippen LogP contribution in [0.1, 0.15) is 38.2 Å². The zero-order valence-electron chi connectivity index (χ0n) is 14.6. The molecule has 3 rings (SSSR count). The lowest BCUT2D eigenvalue weighted by Crippen LogP contribution is -2.25. The molecule has 1 fully saturated rings. The first kappa shape index (κ1) is 19.2. The largest absolute Gasteiger partial charge is 0.368 e. The Kier molecular flexibility index (Phi) is 5.90. The van der Waals surface area contributed by atoms with Crippen LogP contribution >= 0.6 is 0 Å². The van der Waals surface area contributed by atoms with E-state index in [9.17, 15) is 18.8 Å². The number of rotatable bonds is 4. The van der Waals surface area contributed by atoms with Crippen LogP contribution in [-0.2, 0) is 11.1 Å². The highest BCUT2D eigenvalue weighted by molar-refractivity contribution is 7.79. The quantitative estimate of drug-likeness (QED) is 0.425. The van der Waals surface area contributed by atoms with Crippen molar-refractivity contribution >= 4 is 17.2 Å². The molecule has 0 amide bonds. The van der Waals surface area contributed by atoms with E-state index < -0.39 is 23.5 Å². The van der Waals surface area contributed by atoms with Gasteiger partial charge in [0.1, 0.15) is 6.17 Å². The topological polar surface area (TPSA) is 77.8 Å². The van der Waals surface area contributed by atoms with E-state index in [4.69, 9.17) is 4.55 Å². The molecular weight excluding hydrogens is 355 g/mol. The Labute approximate surface area is 155 Å². The Bertz CT molecular complexity index is 791. The van der Waals surface area contributed by atoms with Crippen molar-refractivity contribution in [3.05, 3.63) is 52.3 Å². The maximum atomic E-state index is 13.9. The lowest BCUT2D eigenvalue weighted by atomic mass is 9.76. The normalized spacial score (nSPS) is 26.7. The predicted octanol–water partition coefficient (Wildman–Crippen LogP) is 3.59. The molecule has 2 unspecified atom stereocenters. The van der Waals surface area contributed by atoms with Crippen LogP contribution in [0.25, 0.3) is 6.08 Å². The molecule has 2 aliphatic rings. The zero-order valence-corrected chi connectivity index (χ0v) is 15.4. The van der Waals surface area contributed by atoms with Gasteiger partial charge in [-0.15, -0.1) is 5.73 Å². The van der Waals surface area contributed by atoms with Gasteiger partial charge in [-0.2, -0.15) is 0 Å². The van der Waals surface area contributed by atoms with Gasteiger partial charge in [-0.1, -0.05) is 17.7 Å². The van der Waals surface area contributed by atoms with E-state index in [0.717, 1.165) is 28.7 Å². The highest BCUT2D eigenvalue weighted by Crippen LogP contribution is 2.50. The number of aliphatic hydroxyl groups excluding tert-OH is 1.